The van der Waals surface area contributed by atoms with Gasteiger partial charge in [0.1, 0.15) is 16.8 Å². The molecule has 9 heteroatoms. The first-order valence-electron chi connectivity index (χ1n) is 8.43. The Morgan fingerprint density at radius 1 is 1.22 bits per heavy atom. The zero-order valence-electron chi connectivity index (χ0n) is 14.4. The molecule has 0 radical (unpaired) electrons. The number of fused-ring (bicyclic) bond motifs is 2. The maximum absolute atomic E-state index is 12.6. The largest absolute Gasteiger partial charge is 0.497 e. The molecule has 0 spiro atoms. The van der Waals surface area contributed by atoms with Crippen LogP contribution in [0.5, 0.6) is 5.75 Å². The van der Waals surface area contributed by atoms with Crippen LogP contribution in [0.2, 0.25) is 0 Å². The predicted molar refractivity (Wildman–Crippen MR) is 108 cm³/mol. The van der Waals surface area contributed by atoms with E-state index < -0.39 is 0 Å². The Morgan fingerprint density at radius 2 is 2.11 bits per heavy atom. The first-order valence-corrected chi connectivity index (χ1v) is 9.97. The molecule has 1 fully saturated rings. The molecule has 27 heavy (non-hydrogen) atoms. The summed E-state index contributed by atoms with van der Waals surface area (Å²) in [5.74, 6) is 0.744. The van der Waals surface area contributed by atoms with E-state index in [4.69, 9.17) is 4.74 Å². The van der Waals surface area contributed by atoms with Gasteiger partial charge in [0.25, 0.3) is 0 Å². The van der Waals surface area contributed by atoms with Crippen molar-refractivity contribution in [3.63, 3.8) is 0 Å². The Labute approximate surface area is 162 Å². The monoisotopic (exact) mass is 397 g/mol. The summed E-state index contributed by atoms with van der Waals surface area (Å²) >= 11 is 2.78. The van der Waals surface area contributed by atoms with Crippen LogP contribution in [0.4, 0.5) is 10.8 Å². The first kappa shape index (κ1) is 16.4. The summed E-state index contributed by atoms with van der Waals surface area (Å²) < 4.78 is 14.8. The van der Waals surface area contributed by atoms with E-state index >= 15 is 0 Å². The number of carbonyl (C=O) groups excluding carboxylic acids is 1. The van der Waals surface area contributed by atoms with E-state index in [1.54, 1.807) is 18.4 Å². The third-order valence-electron chi connectivity index (χ3n) is 4.65. The highest BCUT2D eigenvalue weighted by atomic mass is 32.1. The van der Waals surface area contributed by atoms with Gasteiger partial charge in [-0.3, -0.25) is 4.79 Å². The second kappa shape index (κ2) is 6.43. The van der Waals surface area contributed by atoms with Gasteiger partial charge in [0, 0.05) is 19.2 Å². The summed E-state index contributed by atoms with van der Waals surface area (Å²) in [6, 6.07) is 11.5. The molecule has 0 atom stereocenters. The van der Waals surface area contributed by atoms with Gasteiger partial charge in [-0.25, -0.2) is 4.98 Å². The molecule has 1 N–H and O–H groups in total. The molecular weight excluding hydrogens is 382 g/mol. The molecule has 0 saturated carbocycles. The second-order valence-electron chi connectivity index (χ2n) is 6.36. The predicted octanol–water partition coefficient (Wildman–Crippen LogP) is 3.38. The molecule has 2 aromatic carbocycles. The highest BCUT2D eigenvalue weighted by Crippen LogP contribution is 2.34. The number of methoxy groups -OCH3 is 1. The number of aromatic nitrogens is 3. The number of ether oxygens (including phenoxy) is 1. The fourth-order valence-corrected chi connectivity index (χ4v) is 4.61. The van der Waals surface area contributed by atoms with E-state index in [1.165, 1.54) is 0 Å². The Hall–Kier alpha value is -2.78. The zero-order chi connectivity index (χ0) is 18.4. The molecule has 4 aromatic rings. The molecule has 0 bridgehead atoms. The van der Waals surface area contributed by atoms with Crippen LogP contribution in [0.1, 0.15) is 0 Å². The Balaban J connectivity index is 1.27. The number of nitrogens with one attached hydrogen (secondary N) is 1. The number of benzene rings is 2. The molecule has 0 unspecified atom stereocenters. The van der Waals surface area contributed by atoms with Crippen molar-refractivity contribution in [3.8, 4) is 5.75 Å². The third kappa shape index (κ3) is 2.88. The maximum Gasteiger partial charge on any atom is 0.231 e. The summed E-state index contributed by atoms with van der Waals surface area (Å²) in [4.78, 5) is 19.4. The van der Waals surface area contributed by atoms with E-state index in [0.717, 1.165) is 49.5 Å². The minimum Gasteiger partial charge on any atom is -0.497 e. The topological polar surface area (TPSA) is 80.2 Å². The second-order valence-corrected chi connectivity index (χ2v) is 7.90. The lowest BCUT2D eigenvalue weighted by Gasteiger charge is -2.37. The average Bonchev–Trinajstić information content (AvgIpc) is 3.26. The third-order valence-corrected chi connectivity index (χ3v) is 6.29. The number of hydrogen-bond acceptors (Lipinski definition) is 8. The van der Waals surface area contributed by atoms with Crippen molar-refractivity contribution in [3.05, 3.63) is 36.4 Å². The summed E-state index contributed by atoms with van der Waals surface area (Å²) in [5, 5.41) is 3.93. The van der Waals surface area contributed by atoms with E-state index in [1.807, 2.05) is 36.4 Å². The van der Waals surface area contributed by atoms with Crippen LogP contribution in [0.25, 0.3) is 21.3 Å². The fraction of sp³-hybridized carbons (Fsp3) is 0.222. The number of carbonyl (C=O) groups is 1. The molecule has 1 amide bonds. The zero-order valence-corrected chi connectivity index (χ0v) is 16.0. The Kier molecular flexibility index (Phi) is 3.91. The number of thiazole rings is 1. The van der Waals surface area contributed by atoms with Crippen LogP contribution in [-0.2, 0) is 4.79 Å². The molecule has 0 aliphatic carbocycles. The van der Waals surface area contributed by atoms with Gasteiger partial charge in [-0.15, -0.1) is 0 Å². The molecule has 136 valence electrons. The first-order chi connectivity index (χ1) is 13.2. The smallest absolute Gasteiger partial charge is 0.231 e. The lowest BCUT2D eigenvalue weighted by Crippen LogP contribution is -2.52. The van der Waals surface area contributed by atoms with Crippen molar-refractivity contribution in [2.45, 2.75) is 0 Å². The summed E-state index contributed by atoms with van der Waals surface area (Å²) in [5.41, 5.74) is 3.19. The van der Waals surface area contributed by atoms with Crippen molar-refractivity contribution < 1.29 is 9.53 Å². The maximum atomic E-state index is 12.6. The van der Waals surface area contributed by atoms with Crippen LogP contribution < -0.4 is 15.0 Å². The SMILES string of the molecule is COc1ccc2sc(N3CC(C(=O)Nc4cccc5nsnc45)C3)nc2c1. The van der Waals surface area contributed by atoms with Crippen LogP contribution in [-0.4, -0.2) is 39.8 Å². The van der Waals surface area contributed by atoms with Crippen molar-refractivity contribution in [2.75, 3.05) is 30.4 Å². The van der Waals surface area contributed by atoms with Gasteiger partial charge < -0.3 is 15.0 Å². The van der Waals surface area contributed by atoms with Crippen molar-refractivity contribution in [1.29, 1.82) is 0 Å². The molecule has 3 heterocycles. The van der Waals surface area contributed by atoms with Crippen molar-refractivity contribution >= 4 is 61.0 Å². The highest BCUT2D eigenvalue weighted by molar-refractivity contribution is 7.22. The van der Waals surface area contributed by atoms with Crippen LogP contribution >= 0.6 is 23.1 Å². The van der Waals surface area contributed by atoms with Gasteiger partial charge in [-0.05, 0) is 24.3 Å². The summed E-state index contributed by atoms with van der Waals surface area (Å²) in [6.07, 6.45) is 0. The lowest BCUT2D eigenvalue weighted by atomic mass is 10.00. The summed E-state index contributed by atoms with van der Waals surface area (Å²) in [7, 11) is 1.65. The van der Waals surface area contributed by atoms with Crippen LogP contribution in [0.3, 0.4) is 0 Å². The van der Waals surface area contributed by atoms with Crippen molar-refractivity contribution in [2.24, 2.45) is 5.92 Å². The molecule has 1 aliphatic rings. The Morgan fingerprint density at radius 3 is 2.96 bits per heavy atom. The Bertz CT molecular complexity index is 1150. The van der Waals surface area contributed by atoms with Crippen LogP contribution in [0.15, 0.2) is 36.4 Å². The van der Waals surface area contributed by atoms with Gasteiger partial charge in [-0.1, -0.05) is 17.4 Å². The van der Waals surface area contributed by atoms with E-state index in [-0.39, 0.29) is 11.8 Å². The van der Waals surface area contributed by atoms with Crippen molar-refractivity contribution in [1.82, 2.24) is 13.7 Å². The number of rotatable bonds is 4. The lowest BCUT2D eigenvalue weighted by molar-refractivity contribution is -0.120. The number of anilines is 2. The quantitative estimate of drug-likeness (QED) is 0.569. The van der Waals surface area contributed by atoms with Gasteiger partial charge in [-0.2, -0.15) is 8.75 Å². The van der Waals surface area contributed by atoms with Gasteiger partial charge in [0.05, 0.1) is 40.7 Å². The molecule has 7 nitrogen and oxygen atoms in total. The number of nitrogens with zero attached hydrogens (tertiary/aromatic N) is 4. The van der Waals surface area contributed by atoms with Crippen LogP contribution in [0, 0.1) is 5.92 Å². The molecular formula is C18H15N5O2S2. The molecule has 1 saturated heterocycles. The molecule has 5 rings (SSSR count). The van der Waals surface area contributed by atoms with Gasteiger partial charge >= 0.3 is 0 Å². The summed E-state index contributed by atoms with van der Waals surface area (Å²) in [6.45, 7) is 1.32. The fourth-order valence-electron chi connectivity index (χ4n) is 3.10. The van der Waals surface area contributed by atoms with E-state index in [9.17, 15) is 4.79 Å². The van der Waals surface area contributed by atoms with E-state index in [0.29, 0.717) is 13.1 Å². The standard InChI is InChI=1S/C18H15N5O2S2/c1-25-11-5-6-15-14(7-11)20-18(26-15)23-8-10(9-23)17(24)19-12-3-2-4-13-16(12)22-27-21-13/h2-7,10H,8-9H2,1H3,(H,19,24). The van der Waals surface area contributed by atoms with Gasteiger partial charge in [0.15, 0.2) is 5.13 Å². The normalized spacial score (nSPS) is 14.5. The van der Waals surface area contributed by atoms with E-state index in [2.05, 4.69) is 23.9 Å². The minimum absolute atomic E-state index is 0.00882. The molecule has 1 aliphatic heterocycles. The molecule has 2 aromatic heterocycles. The number of amides is 1. The van der Waals surface area contributed by atoms with Gasteiger partial charge in [0.2, 0.25) is 5.91 Å². The highest BCUT2D eigenvalue weighted by Gasteiger charge is 2.34. The minimum atomic E-state index is -0.0617. The average molecular weight is 397 g/mol. The number of hydrogen-bond donors (Lipinski definition) is 1.